The minimum Gasteiger partial charge on any atom is -0.481 e. The third kappa shape index (κ3) is 23.5. The molecule has 20 N–H and O–H groups in total. The molecule has 0 aliphatic heterocycles. The van der Waals surface area contributed by atoms with Crippen LogP contribution in [0.2, 0.25) is 0 Å². The number of guanidine groups is 2. The van der Waals surface area contributed by atoms with Gasteiger partial charge in [0.05, 0.1) is 12.5 Å². The molecule has 7 amide bonds. The number of amides is 7. The summed E-state index contributed by atoms with van der Waals surface area (Å²) in [7, 11) is 0. The number of carbonyl (C=O) groups excluding carboxylic acids is 7. The van der Waals surface area contributed by atoms with E-state index in [0.29, 0.717) is 12.0 Å². The summed E-state index contributed by atoms with van der Waals surface area (Å²) >= 11 is 4.20. The van der Waals surface area contributed by atoms with Crippen molar-refractivity contribution in [1.29, 1.82) is 0 Å². The maximum absolute atomic E-state index is 14.2. The zero-order valence-electron chi connectivity index (χ0n) is 36.4. The van der Waals surface area contributed by atoms with Gasteiger partial charge in [0.15, 0.2) is 11.9 Å². The number of benzene rings is 1. The fourth-order valence-electron chi connectivity index (χ4n) is 5.99. The zero-order valence-corrected chi connectivity index (χ0v) is 37.3. The second-order valence-corrected chi connectivity index (χ2v) is 15.7. The van der Waals surface area contributed by atoms with Crippen molar-refractivity contribution < 1.29 is 53.4 Å². The Balaban J connectivity index is 3.60. The smallest absolute Gasteiger partial charge is 0.326 e. The lowest BCUT2D eigenvalue weighted by Gasteiger charge is -2.27. The second kappa shape index (κ2) is 29.6. The first-order valence-corrected chi connectivity index (χ1v) is 21.2. The van der Waals surface area contributed by atoms with Crippen LogP contribution in [-0.4, -0.2) is 137 Å². The lowest BCUT2D eigenvalue weighted by atomic mass is 10.0. The fourth-order valence-corrected chi connectivity index (χ4v) is 6.25. The van der Waals surface area contributed by atoms with Gasteiger partial charge < -0.3 is 76.5 Å². The molecule has 0 saturated heterocycles. The molecule has 1 aromatic rings. The number of primary amides is 1. The molecule has 362 valence electrons. The molecule has 0 aliphatic carbocycles. The van der Waals surface area contributed by atoms with Gasteiger partial charge in [-0.3, -0.25) is 48.3 Å². The highest BCUT2D eigenvalue weighted by atomic mass is 32.1. The van der Waals surface area contributed by atoms with E-state index in [1.165, 1.54) is 0 Å². The Morgan fingerprint density at radius 2 is 1.02 bits per heavy atom. The van der Waals surface area contributed by atoms with Crippen LogP contribution in [0.1, 0.15) is 70.8 Å². The molecule has 0 bridgehead atoms. The van der Waals surface area contributed by atoms with Crippen molar-refractivity contribution in [3.05, 3.63) is 35.9 Å². The summed E-state index contributed by atoms with van der Waals surface area (Å²) in [4.78, 5) is 124. The topological polar surface area (TPSA) is 447 Å². The molecule has 65 heavy (non-hydrogen) atoms. The summed E-state index contributed by atoms with van der Waals surface area (Å²) in [6, 6.07) is -1.71. The second-order valence-electron chi connectivity index (χ2n) is 15.3. The minimum atomic E-state index is -1.82. The molecule has 1 aromatic carbocycles. The molecule has 0 spiro atoms. The normalized spacial score (nSPS) is 14.0. The van der Waals surface area contributed by atoms with Gasteiger partial charge in [0.2, 0.25) is 41.4 Å². The number of nitrogens with one attached hydrogen (secondary N) is 6. The summed E-state index contributed by atoms with van der Waals surface area (Å²) in [5, 5.41) is 33.6. The van der Waals surface area contributed by atoms with E-state index in [1.807, 2.05) is 13.8 Å². The molecule has 0 radical (unpaired) electrons. The number of aliphatic imine (C=N–C) groups is 2. The standard InChI is InChI=1S/C39H64N14O11S/c1-20(2)16-22(40)31(57)53-28(19-65)36(62)49-23(10-6-14-46-38(42)43)32(58)48-24(11-7-15-47-39(44)45)33(59)51-26(17-21-8-4-3-5-9-21)35(61)50-25(12-13-30(55)56)34(60)52-27(37(63)64)18-29(41)54/h3-5,8-9,20,22-28,65H,6-7,10-19,40H2,1-2H3,(H2,41,54)(H,48,58)(H,49,62)(H,50,61)(H,51,59)(H,52,60)(H,53,57)(H,55,56)(H,63,64)(H4,42,43,46)(H4,44,45,47)/t22-,23-,24-,25-,26-,27-,28-/m0/s1. The number of aliphatic carboxylic acids is 2. The first-order valence-electron chi connectivity index (χ1n) is 20.6. The Labute approximate surface area is 381 Å². The number of hydrogen-bond acceptors (Lipinski definition) is 13. The maximum atomic E-state index is 14.2. The van der Waals surface area contributed by atoms with E-state index in [1.54, 1.807) is 30.3 Å². The highest BCUT2D eigenvalue weighted by molar-refractivity contribution is 7.80. The average molecular weight is 937 g/mol. The highest BCUT2D eigenvalue weighted by Gasteiger charge is 2.34. The first kappa shape index (κ1) is 56.3. The lowest BCUT2D eigenvalue weighted by molar-refractivity contribution is -0.144. The van der Waals surface area contributed by atoms with Gasteiger partial charge in [-0.25, -0.2) is 4.79 Å². The van der Waals surface area contributed by atoms with Crippen molar-refractivity contribution in [2.24, 2.45) is 50.3 Å². The molecule has 0 aromatic heterocycles. The zero-order chi connectivity index (χ0) is 49.2. The lowest BCUT2D eigenvalue weighted by Crippen LogP contribution is -2.60. The van der Waals surface area contributed by atoms with Crippen molar-refractivity contribution in [2.45, 2.75) is 114 Å². The van der Waals surface area contributed by atoms with E-state index >= 15 is 0 Å². The van der Waals surface area contributed by atoms with Gasteiger partial charge in [-0.05, 0) is 50.0 Å². The van der Waals surface area contributed by atoms with Crippen molar-refractivity contribution in [3.63, 3.8) is 0 Å². The van der Waals surface area contributed by atoms with E-state index in [-0.39, 0.29) is 68.8 Å². The maximum Gasteiger partial charge on any atom is 0.326 e. The Hall–Kier alpha value is -6.70. The molecule has 0 fully saturated rings. The summed E-state index contributed by atoms with van der Waals surface area (Å²) in [6.07, 6.45) is -1.85. The predicted molar refractivity (Wildman–Crippen MR) is 241 cm³/mol. The highest BCUT2D eigenvalue weighted by Crippen LogP contribution is 2.10. The molecule has 1 rings (SSSR count). The molecule has 7 atom stereocenters. The summed E-state index contributed by atoms with van der Waals surface area (Å²) < 4.78 is 0. The number of carbonyl (C=O) groups is 9. The third-order valence-electron chi connectivity index (χ3n) is 9.25. The monoisotopic (exact) mass is 936 g/mol. The van der Waals surface area contributed by atoms with E-state index in [0.717, 1.165) is 0 Å². The Bertz CT molecular complexity index is 1850. The van der Waals surface area contributed by atoms with Gasteiger partial charge in [-0.1, -0.05) is 44.2 Å². The van der Waals surface area contributed by atoms with Gasteiger partial charge in [0.1, 0.15) is 36.3 Å². The summed E-state index contributed by atoms with van der Waals surface area (Å²) in [5.41, 5.74) is 33.5. The molecule has 26 heteroatoms. The summed E-state index contributed by atoms with van der Waals surface area (Å²) in [6.45, 7) is 3.79. The SMILES string of the molecule is CC(C)C[C@H](N)C(=O)N[C@@H](CS)C(=O)N[C@@H](CCCN=C(N)N)C(=O)N[C@@H](CCCN=C(N)N)C(=O)N[C@@H](Cc1ccccc1)C(=O)N[C@@H](CCC(=O)O)C(=O)N[C@@H](CC(N)=O)C(=O)O. The largest absolute Gasteiger partial charge is 0.481 e. The number of nitrogens with zero attached hydrogens (tertiary/aromatic N) is 2. The molecule has 0 heterocycles. The first-order chi connectivity index (χ1) is 30.5. The predicted octanol–water partition coefficient (Wildman–Crippen LogP) is -4.63. The number of rotatable bonds is 31. The number of carboxylic acid groups (broad SMARTS) is 2. The van der Waals surface area contributed by atoms with Crippen LogP contribution in [0.3, 0.4) is 0 Å². The van der Waals surface area contributed by atoms with Crippen LogP contribution in [0.5, 0.6) is 0 Å². The molecular weight excluding hydrogens is 873 g/mol. The third-order valence-corrected chi connectivity index (χ3v) is 9.61. The molecule has 25 nitrogen and oxygen atoms in total. The number of hydrogen-bond donors (Lipinski definition) is 15. The van der Waals surface area contributed by atoms with Crippen LogP contribution in [0.4, 0.5) is 0 Å². The van der Waals surface area contributed by atoms with Crippen molar-refractivity contribution in [1.82, 2.24) is 31.9 Å². The average Bonchev–Trinajstić information content (AvgIpc) is 3.22. The van der Waals surface area contributed by atoms with Crippen LogP contribution in [0.25, 0.3) is 0 Å². The van der Waals surface area contributed by atoms with E-state index < -0.39 is 115 Å². The van der Waals surface area contributed by atoms with Crippen molar-refractivity contribution in [2.75, 3.05) is 18.8 Å². The fraction of sp³-hybridized carbons (Fsp3) is 0.564. The number of thiol groups is 1. The minimum absolute atomic E-state index is 0.00429. The number of carboxylic acids is 2. The van der Waals surface area contributed by atoms with E-state index in [4.69, 9.17) is 34.4 Å². The molecule has 0 aliphatic rings. The Morgan fingerprint density at radius 3 is 1.43 bits per heavy atom. The molecule has 0 saturated carbocycles. The van der Waals surface area contributed by atoms with Crippen LogP contribution < -0.4 is 66.3 Å². The quantitative estimate of drug-likeness (QED) is 0.0144. The van der Waals surface area contributed by atoms with Crippen molar-refractivity contribution in [3.8, 4) is 0 Å². The van der Waals surface area contributed by atoms with Crippen LogP contribution >= 0.6 is 12.6 Å². The van der Waals surface area contributed by atoms with E-state index in [9.17, 15) is 53.4 Å². The van der Waals surface area contributed by atoms with Crippen LogP contribution in [0, 0.1) is 5.92 Å². The van der Waals surface area contributed by atoms with Gasteiger partial charge in [0, 0.05) is 31.7 Å². The van der Waals surface area contributed by atoms with Gasteiger partial charge in [-0.2, -0.15) is 12.6 Å². The van der Waals surface area contributed by atoms with Gasteiger partial charge in [0.25, 0.3) is 0 Å². The van der Waals surface area contributed by atoms with Gasteiger partial charge in [-0.15, -0.1) is 0 Å². The van der Waals surface area contributed by atoms with Crippen LogP contribution in [-0.2, 0) is 49.6 Å². The Morgan fingerprint density at radius 1 is 0.600 bits per heavy atom. The van der Waals surface area contributed by atoms with E-state index in [2.05, 4.69) is 54.5 Å². The Kier molecular flexibility index (Phi) is 25.7. The van der Waals surface area contributed by atoms with Gasteiger partial charge >= 0.3 is 11.9 Å². The number of nitrogens with two attached hydrogens (primary N) is 6. The molecule has 0 unspecified atom stereocenters. The van der Waals surface area contributed by atoms with Crippen LogP contribution in [0.15, 0.2) is 40.3 Å². The summed E-state index contributed by atoms with van der Waals surface area (Å²) in [5.74, 6) is -10.0. The van der Waals surface area contributed by atoms with Crippen molar-refractivity contribution >= 4 is 77.8 Å². The molecular formula is C39H64N14O11S.